The Labute approximate surface area is 97.3 Å². The minimum atomic E-state index is -1.99. The molecule has 16 heavy (non-hydrogen) atoms. The molecule has 1 rings (SSSR count). The summed E-state index contributed by atoms with van der Waals surface area (Å²) in [6, 6.07) is -0.457. The van der Waals surface area contributed by atoms with Gasteiger partial charge in [-0.1, -0.05) is 20.8 Å². The molecular weight excluding hydrogens is 226 g/mol. The van der Waals surface area contributed by atoms with Crippen LogP contribution in [0.4, 0.5) is 4.79 Å². The third-order valence-corrected chi connectivity index (χ3v) is 7.70. The van der Waals surface area contributed by atoms with Gasteiger partial charge in [-0.05, 0) is 18.1 Å². The summed E-state index contributed by atoms with van der Waals surface area (Å²) >= 11 is 0. The average molecular weight is 247 g/mol. The second-order valence-corrected chi connectivity index (χ2v) is 10.3. The Morgan fingerprint density at radius 3 is 2.50 bits per heavy atom. The number of rotatable bonds is 3. The predicted octanol–water partition coefficient (Wildman–Crippen LogP) is 1.43. The van der Waals surface area contributed by atoms with Crippen LogP contribution >= 0.6 is 0 Å². The highest BCUT2D eigenvalue weighted by molar-refractivity contribution is 6.74. The lowest BCUT2D eigenvalue weighted by Crippen LogP contribution is -2.48. The number of aliphatic hydroxyl groups excluding tert-OH is 1. The van der Waals surface area contributed by atoms with Crippen LogP contribution in [0.15, 0.2) is 0 Å². The first-order chi connectivity index (χ1) is 7.17. The summed E-state index contributed by atoms with van der Waals surface area (Å²) in [4.78, 5) is 11.0. The zero-order valence-corrected chi connectivity index (χ0v) is 11.5. The van der Waals surface area contributed by atoms with Gasteiger partial charge in [0.1, 0.15) is 6.04 Å². The van der Waals surface area contributed by atoms with E-state index in [0.717, 1.165) is 0 Å². The lowest BCUT2D eigenvalue weighted by molar-refractivity contribution is -0.0333. The molecular formula is C10H21NO4Si. The van der Waals surface area contributed by atoms with Crippen LogP contribution in [-0.4, -0.2) is 38.5 Å². The second kappa shape index (κ2) is 4.35. The minimum absolute atomic E-state index is 0.0437. The normalized spacial score (nSPS) is 26.5. The van der Waals surface area contributed by atoms with Gasteiger partial charge in [0.2, 0.25) is 6.29 Å². The number of aliphatic hydroxyl groups is 1. The summed E-state index contributed by atoms with van der Waals surface area (Å²) in [7, 11) is -1.99. The molecule has 1 aliphatic rings. The summed E-state index contributed by atoms with van der Waals surface area (Å²) in [6.45, 7) is 10.3. The average Bonchev–Trinajstić information content (AvgIpc) is 2.43. The van der Waals surface area contributed by atoms with Gasteiger partial charge in [-0.3, -0.25) is 0 Å². The van der Waals surface area contributed by atoms with Crippen LogP contribution in [0.3, 0.4) is 0 Å². The molecule has 0 aromatic rings. The zero-order chi connectivity index (χ0) is 12.6. The van der Waals surface area contributed by atoms with E-state index in [-0.39, 0.29) is 11.6 Å². The van der Waals surface area contributed by atoms with Crippen molar-refractivity contribution in [2.24, 2.45) is 0 Å². The lowest BCUT2D eigenvalue weighted by Gasteiger charge is -2.38. The van der Waals surface area contributed by atoms with Gasteiger partial charge in [-0.15, -0.1) is 0 Å². The fourth-order valence-corrected chi connectivity index (χ4v) is 2.29. The summed E-state index contributed by atoms with van der Waals surface area (Å²) in [5.74, 6) is 0. The molecule has 0 aromatic heterocycles. The lowest BCUT2D eigenvalue weighted by atomic mass is 10.2. The smallest absolute Gasteiger partial charge is 0.410 e. The number of amides is 1. The van der Waals surface area contributed by atoms with E-state index in [0.29, 0.717) is 0 Å². The topological polar surface area (TPSA) is 67.8 Å². The molecule has 0 saturated carbocycles. The molecule has 1 saturated heterocycles. The first-order valence-electron chi connectivity index (χ1n) is 5.43. The fraction of sp³-hybridized carbons (Fsp3) is 0.900. The number of carbonyl (C=O) groups excluding carboxylic acids is 1. The molecule has 0 aromatic carbocycles. The summed E-state index contributed by atoms with van der Waals surface area (Å²) in [5.41, 5.74) is 0. The first-order valence-corrected chi connectivity index (χ1v) is 8.34. The molecule has 94 valence electrons. The molecule has 2 N–H and O–H groups in total. The van der Waals surface area contributed by atoms with Crippen molar-refractivity contribution >= 4 is 14.4 Å². The number of ether oxygens (including phenoxy) is 1. The largest absolute Gasteiger partial charge is 0.418 e. The number of nitrogens with one attached hydrogen (secondary N) is 1. The van der Waals surface area contributed by atoms with Crippen molar-refractivity contribution in [2.45, 2.75) is 51.2 Å². The molecule has 2 atom stereocenters. The highest BCUT2D eigenvalue weighted by Gasteiger charge is 2.44. The Bertz CT molecular complexity index is 274. The van der Waals surface area contributed by atoms with Gasteiger partial charge in [-0.2, -0.15) is 0 Å². The van der Waals surface area contributed by atoms with Gasteiger partial charge in [0.05, 0.1) is 6.61 Å². The van der Waals surface area contributed by atoms with E-state index in [2.05, 4.69) is 39.2 Å². The van der Waals surface area contributed by atoms with Gasteiger partial charge in [0.15, 0.2) is 8.32 Å². The molecule has 5 nitrogen and oxygen atoms in total. The Kier molecular flexibility index (Phi) is 3.66. The van der Waals surface area contributed by atoms with Crippen LogP contribution in [0.2, 0.25) is 18.1 Å². The van der Waals surface area contributed by atoms with Gasteiger partial charge < -0.3 is 19.6 Å². The van der Waals surface area contributed by atoms with Crippen LogP contribution in [0.25, 0.3) is 0 Å². The standard InChI is InChI=1S/C10H21NO4Si/c1-10(2,3)16(4,5)15-8-7(6-12)11-9(13)14-8/h7-8,12H,6H2,1-5H3,(H,11,13). The van der Waals surface area contributed by atoms with Crippen LogP contribution in [0.5, 0.6) is 0 Å². The molecule has 0 spiro atoms. The molecule has 1 amide bonds. The molecule has 2 unspecified atom stereocenters. The van der Waals surface area contributed by atoms with Crippen molar-refractivity contribution in [3.63, 3.8) is 0 Å². The Morgan fingerprint density at radius 1 is 1.50 bits per heavy atom. The Balaban J connectivity index is 2.70. The van der Waals surface area contributed by atoms with E-state index in [9.17, 15) is 4.79 Å². The number of alkyl carbamates (subject to hydrolysis) is 1. The molecule has 1 heterocycles. The monoisotopic (exact) mass is 247 g/mol. The third kappa shape index (κ3) is 2.75. The Morgan fingerprint density at radius 2 is 2.06 bits per heavy atom. The maximum Gasteiger partial charge on any atom is 0.410 e. The van der Waals surface area contributed by atoms with Crippen LogP contribution in [0, 0.1) is 0 Å². The maximum atomic E-state index is 11.0. The predicted molar refractivity (Wildman–Crippen MR) is 62.6 cm³/mol. The van der Waals surface area contributed by atoms with Gasteiger partial charge in [0.25, 0.3) is 0 Å². The maximum absolute atomic E-state index is 11.0. The van der Waals surface area contributed by atoms with Crippen molar-refractivity contribution in [3.05, 3.63) is 0 Å². The molecule has 6 heteroatoms. The molecule has 1 aliphatic heterocycles. The highest BCUT2D eigenvalue weighted by Crippen LogP contribution is 2.38. The van der Waals surface area contributed by atoms with Crippen molar-refractivity contribution in [1.29, 1.82) is 0 Å². The van der Waals surface area contributed by atoms with E-state index in [1.165, 1.54) is 0 Å². The molecule has 1 fully saturated rings. The highest BCUT2D eigenvalue weighted by atomic mass is 28.4. The van der Waals surface area contributed by atoms with Crippen LogP contribution < -0.4 is 5.32 Å². The van der Waals surface area contributed by atoms with E-state index in [1.54, 1.807) is 0 Å². The van der Waals surface area contributed by atoms with Crippen molar-refractivity contribution in [2.75, 3.05) is 6.61 Å². The summed E-state index contributed by atoms with van der Waals surface area (Å²) in [5, 5.41) is 11.7. The zero-order valence-electron chi connectivity index (χ0n) is 10.5. The fourth-order valence-electron chi connectivity index (χ4n) is 1.15. The SMILES string of the molecule is CC(C)(C)[Si](C)(C)OC1OC(=O)NC1CO. The Hall–Kier alpha value is -0.593. The first kappa shape index (κ1) is 13.5. The van der Waals surface area contributed by atoms with Crippen LogP contribution in [-0.2, 0) is 9.16 Å². The summed E-state index contributed by atoms with van der Waals surface area (Å²) < 4.78 is 10.9. The van der Waals surface area contributed by atoms with Crippen molar-refractivity contribution in [1.82, 2.24) is 5.32 Å². The number of hydrogen-bond donors (Lipinski definition) is 2. The molecule has 0 radical (unpaired) electrons. The second-order valence-electron chi connectivity index (χ2n) is 5.59. The number of hydrogen-bond acceptors (Lipinski definition) is 4. The third-order valence-electron chi connectivity index (χ3n) is 3.27. The van der Waals surface area contributed by atoms with Gasteiger partial charge in [0, 0.05) is 0 Å². The van der Waals surface area contributed by atoms with E-state index in [4.69, 9.17) is 14.3 Å². The van der Waals surface area contributed by atoms with E-state index >= 15 is 0 Å². The summed E-state index contributed by atoms with van der Waals surface area (Å²) in [6.07, 6.45) is -1.19. The van der Waals surface area contributed by atoms with Crippen molar-refractivity contribution in [3.8, 4) is 0 Å². The number of cyclic esters (lactones) is 1. The minimum Gasteiger partial charge on any atom is -0.418 e. The van der Waals surface area contributed by atoms with E-state index < -0.39 is 26.7 Å². The molecule has 0 bridgehead atoms. The molecule has 0 aliphatic carbocycles. The quantitative estimate of drug-likeness (QED) is 0.740. The van der Waals surface area contributed by atoms with Gasteiger partial charge in [-0.25, -0.2) is 4.79 Å². The van der Waals surface area contributed by atoms with Crippen molar-refractivity contribution < 1.29 is 19.1 Å². The number of carbonyl (C=O) groups is 1. The van der Waals surface area contributed by atoms with Crippen LogP contribution in [0.1, 0.15) is 20.8 Å². The van der Waals surface area contributed by atoms with Gasteiger partial charge >= 0.3 is 6.09 Å². The van der Waals surface area contributed by atoms with E-state index in [1.807, 2.05) is 0 Å².